The zero-order valence-corrected chi connectivity index (χ0v) is 11.7. The lowest BCUT2D eigenvalue weighted by molar-refractivity contribution is -0.236. The number of nitrogens with one attached hydrogen (secondary N) is 2. The summed E-state index contributed by atoms with van der Waals surface area (Å²) in [7, 11) is 0. The van der Waals surface area contributed by atoms with E-state index >= 15 is 0 Å². The number of hydrogen-bond donors (Lipinski definition) is 6. The number of nitrogens with zero attached hydrogens (tertiary/aromatic N) is 1. The molecular weight excluding hydrogens is 282 g/mol. The molecule has 2 aliphatic heterocycles. The standard InChI is InChI=1S/C12H23N3O6/c16-6-7-9(18)10(19)11(20)12(21-7)14-8(17)5-15-3-1-13-2-4-15/h7,9-13,16,18-20H,1-6H2,(H,14,17)/t7-,9-,10+,11-,12-/m1/s1. The van der Waals surface area contributed by atoms with E-state index in [1.54, 1.807) is 0 Å². The van der Waals surface area contributed by atoms with Crippen molar-refractivity contribution in [2.75, 3.05) is 39.3 Å². The summed E-state index contributed by atoms with van der Waals surface area (Å²) in [5.41, 5.74) is 0. The van der Waals surface area contributed by atoms with Gasteiger partial charge in [-0.2, -0.15) is 0 Å². The first-order valence-electron chi connectivity index (χ1n) is 7.06. The Morgan fingerprint density at radius 2 is 1.86 bits per heavy atom. The molecule has 2 aliphatic rings. The molecule has 0 aromatic carbocycles. The number of aliphatic hydroxyl groups excluding tert-OH is 4. The number of carbonyl (C=O) groups is 1. The van der Waals surface area contributed by atoms with Gasteiger partial charge in [0.1, 0.15) is 24.4 Å². The molecule has 2 rings (SSSR count). The summed E-state index contributed by atoms with van der Waals surface area (Å²) in [6, 6.07) is 0. The van der Waals surface area contributed by atoms with Crippen LogP contribution in [0.4, 0.5) is 0 Å². The van der Waals surface area contributed by atoms with Crippen LogP contribution in [0.25, 0.3) is 0 Å². The number of piperazine rings is 1. The van der Waals surface area contributed by atoms with Crippen LogP contribution in [0.15, 0.2) is 0 Å². The Kier molecular flexibility index (Phi) is 5.88. The predicted octanol–water partition coefficient (Wildman–Crippen LogP) is -4.19. The van der Waals surface area contributed by atoms with Gasteiger partial charge in [0, 0.05) is 26.2 Å². The Labute approximate surface area is 122 Å². The highest BCUT2D eigenvalue weighted by Gasteiger charge is 2.43. The third-order valence-corrected chi connectivity index (χ3v) is 3.77. The SMILES string of the molecule is O=C(CN1CCNCC1)N[C@@H]1O[C@H](CO)[C@@H](O)[C@H](O)[C@H]1O. The average molecular weight is 305 g/mol. The van der Waals surface area contributed by atoms with Crippen molar-refractivity contribution in [1.29, 1.82) is 0 Å². The highest BCUT2D eigenvalue weighted by Crippen LogP contribution is 2.19. The summed E-state index contributed by atoms with van der Waals surface area (Å²) in [6.45, 7) is 2.77. The van der Waals surface area contributed by atoms with Crippen molar-refractivity contribution in [2.24, 2.45) is 0 Å². The maximum absolute atomic E-state index is 11.9. The molecule has 1 amide bonds. The lowest BCUT2D eigenvalue weighted by atomic mass is 9.98. The van der Waals surface area contributed by atoms with Gasteiger partial charge in [0.25, 0.3) is 0 Å². The van der Waals surface area contributed by atoms with Crippen molar-refractivity contribution in [3.63, 3.8) is 0 Å². The van der Waals surface area contributed by atoms with E-state index in [9.17, 15) is 20.1 Å². The average Bonchev–Trinajstić information content (AvgIpc) is 2.49. The van der Waals surface area contributed by atoms with E-state index in [2.05, 4.69) is 10.6 Å². The Hall–Kier alpha value is -0.810. The number of aliphatic hydroxyl groups is 4. The van der Waals surface area contributed by atoms with Gasteiger partial charge in [-0.25, -0.2) is 0 Å². The topological polar surface area (TPSA) is 135 Å². The van der Waals surface area contributed by atoms with Gasteiger partial charge in [-0.1, -0.05) is 0 Å². The number of carbonyl (C=O) groups excluding carboxylic acids is 1. The van der Waals surface area contributed by atoms with Crippen LogP contribution in [0.1, 0.15) is 0 Å². The molecule has 0 saturated carbocycles. The van der Waals surface area contributed by atoms with Crippen LogP contribution in [-0.2, 0) is 9.53 Å². The Balaban J connectivity index is 1.86. The van der Waals surface area contributed by atoms with Crippen molar-refractivity contribution < 1.29 is 30.0 Å². The van der Waals surface area contributed by atoms with E-state index in [0.29, 0.717) is 0 Å². The van der Waals surface area contributed by atoms with Crippen molar-refractivity contribution in [2.45, 2.75) is 30.6 Å². The number of ether oxygens (including phenoxy) is 1. The monoisotopic (exact) mass is 305 g/mol. The first-order valence-corrected chi connectivity index (χ1v) is 7.06. The minimum absolute atomic E-state index is 0.163. The van der Waals surface area contributed by atoms with Gasteiger partial charge >= 0.3 is 0 Å². The molecule has 9 nitrogen and oxygen atoms in total. The van der Waals surface area contributed by atoms with Crippen LogP contribution in [0.2, 0.25) is 0 Å². The molecule has 0 spiro atoms. The minimum Gasteiger partial charge on any atom is -0.394 e. The van der Waals surface area contributed by atoms with Crippen LogP contribution >= 0.6 is 0 Å². The molecule has 6 N–H and O–H groups in total. The highest BCUT2D eigenvalue weighted by molar-refractivity contribution is 5.78. The number of hydrogen-bond acceptors (Lipinski definition) is 8. The Morgan fingerprint density at radius 3 is 2.48 bits per heavy atom. The van der Waals surface area contributed by atoms with Crippen LogP contribution in [0, 0.1) is 0 Å². The molecule has 9 heteroatoms. The van der Waals surface area contributed by atoms with Gasteiger partial charge in [0.2, 0.25) is 5.91 Å². The normalized spacial score (nSPS) is 38.2. The fraction of sp³-hybridized carbons (Fsp3) is 0.917. The van der Waals surface area contributed by atoms with Crippen LogP contribution in [0.3, 0.4) is 0 Å². The molecule has 0 bridgehead atoms. The summed E-state index contributed by atoms with van der Waals surface area (Å²) >= 11 is 0. The van der Waals surface area contributed by atoms with Gasteiger partial charge in [0.05, 0.1) is 13.2 Å². The van der Waals surface area contributed by atoms with Crippen LogP contribution in [0.5, 0.6) is 0 Å². The molecular formula is C12H23N3O6. The predicted molar refractivity (Wildman–Crippen MR) is 71.2 cm³/mol. The molecule has 2 heterocycles. The minimum atomic E-state index is -1.49. The Morgan fingerprint density at radius 1 is 1.19 bits per heavy atom. The highest BCUT2D eigenvalue weighted by atomic mass is 16.6. The third kappa shape index (κ3) is 4.10. The van der Waals surface area contributed by atoms with Gasteiger partial charge in [-0.05, 0) is 0 Å². The van der Waals surface area contributed by atoms with Gasteiger partial charge in [-0.3, -0.25) is 9.69 Å². The molecule has 2 saturated heterocycles. The van der Waals surface area contributed by atoms with E-state index in [1.165, 1.54) is 0 Å². The van der Waals surface area contributed by atoms with E-state index in [-0.39, 0.29) is 12.5 Å². The number of rotatable bonds is 4. The second-order valence-electron chi connectivity index (χ2n) is 5.34. The summed E-state index contributed by atoms with van der Waals surface area (Å²) in [4.78, 5) is 13.9. The first kappa shape index (κ1) is 16.6. The molecule has 0 aromatic rings. The summed E-state index contributed by atoms with van der Waals surface area (Å²) < 4.78 is 5.22. The summed E-state index contributed by atoms with van der Waals surface area (Å²) in [5.74, 6) is -0.346. The molecule has 0 aromatic heterocycles. The lowest BCUT2D eigenvalue weighted by Crippen LogP contribution is -2.63. The Bertz CT molecular complexity index is 350. The van der Waals surface area contributed by atoms with Crippen molar-refractivity contribution >= 4 is 5.91 Å². The van der Waals surface area contributed by atoms with E-state index in [1.807, 2.05) is 4.90 Å². The molecule has 122 valence electrons. The van der Waals surface area contributed by atoms with E-state index in [4.69, 9.17) is 9.84 Å². The van der Waals surface area contributed by atoms with E-state index in [0.717, 1.165) is 26.2 Å². The van der Waals surface area contributed by atoms with E-state index < -0.39 is 37.3 Å². The van der Waals surface area contributed by atoms with Crippen molar-refractivity contribution in [3.05, 3.63) is 0 Å². The zero-order valence-electron chi connectivity index (χ0n) is 11.7. The largest absolute Gasteiger partial charge is 0.394 e. The lowest BCUT2D eigenvalue weighted by Gasteiger charge is -2.40. The molecule has 0 radical (unpaired) electrons. The molecule has 0 aliphatic carbocycles. The second kappa shape index (κ2) is 7.45. The summed E-state index contributed by atoms with van der Waals surface area (Å²) in [6.07, 6.45) is -6.54. The van der Waals surface area contributed by atoms with Gasteiger partial charge in [0.15, 0.2) is 6.23 Å². The smallest absolute Gasteiger partial charge is 0.236 e. The summed E-state index contributed by atoms with van der Waals surface area (Å²) in [5, 5.41) is 43.8. The molecule has 0 unspecified atom stereocenters. The van der Waals surface area contributed by atoms with Crippen LogP contribution in [-0.4, -0.2) is 101 Å². The molecule has 21 heavy (non-hydrogen) atoms. The molecule has 2 fully saturated rings. The van der Waals surface area contributed by atoms with Gasteiger partial charge < -0.3 is 35.8 Å². The van der Waals surface area contributed by atoms with Crippen molar-refractivity contribution in [1.82, 2.24) is 15.5 Å². The second-order valence-corrected chi connectivity index (χ2v) is 5.34. The van der Waals surface area contributed by atoms with Gasteiger partial charge in [-0.15, -0.1) is 0 Å². The third-order valence-electron chi connectivity index (χ3n) is 3.77. The number of amides is 1. The zero-order chi connectivity index (χ0) is 15.4. The fourth-order valence-electron chi connectivity index (χ4n) is 2.50. The van der Waals surface area contributed by atoms with Crippen molar-refractivity contribution in [3.8, 4) is 0 Å². The maximum Gasteiger partial charge on any atom is 0.236 e. The molecule has 5 atom stereocenters. The maximum atomic E-state index is 11.9. The first-order chi connectivity index (χ1) is 10.0. The fourth-order valence-corrected chi connectivity index (χ4v) is 2.50. The quantitative estimate of drug-likeness (QED) is 0.308. The van der Waals surface area contributed by atoms with Crippen LogP contribution < -0.4 is 10.6 Å².